The van der Waals surface area contributed by atoms with Crippen LogP contribution in [-0.2, 0) is 30.8 Å². The molecule has 0 unspecified atom stereocenters. The van der Waals surface area contributed by atoms with Gasteiger partial charge in [-0.1, -0.05) is 25.1 Å². The fourth-order valence-corrected chi connectivity index (χ4v) is 4.87. The van der Waals surface area contributed by atoms with E-state index in [1.807, 2.05) is 61.5 Å². The van der Waals surface area contributed by atoms with E-state index in [2.05, 4.69) is 38.4 Å². The van der Waals surface area contributed by atoms with Crippen LogP contribution in [0.5, 0.6) is 5.75 Å². The van der Waals surface area contributed by atoms with Crippen molar-refractivity contribution in [1.82, 2.24) is 30.1 Å². The van der Waals surface area contributed by atoms with Crippen molar-refractivity contribution in [3.05, 3.63) is 106 Å². The van der Waals surface area contributed by atoms with Crippen molar-refractivity contribution in [3.8, 4) is 5.75 Å². The Morgan fingerprint density at radius 1 is 1.05 bits per heavy atom. The average Bonchev–Trinajstić information content (AvgIpc) is 3.66. The number of aromatic nitrogens is 5. The number of pyridine rings is 1. The van der Waals surface area contributed by atoms with E-state index in [9.17, 15) is 4.79 Å². The number of aryl methyl sites for hydroxylation is 1. The Balaban J connectivity index is 1.65. The second kappa shape index (κ2) is 12.7. The number of hydrogen-bond donors (Lipinski definition) is 1. The third-order valence-corrected chi connectivity index (χ3v) is 6.88. The Kier molecular flexibility index (Phi) is 8.68. The van der Waals surface area contributed by atoms with E-state index in [-0.39, 0.29) is 5.56 Å². The number of nitrogens with one attached hydrogen (secondary N) is 1. The summed E-state index contributed by atoms with van der Waals surface area (Å²) in [4.78, 5) is 18.9. The monoisotopic (exact) mass is 542 g/mol. The average molecular weight is 543 g/mol. The highest BCUT2D eigenvalue weighted by Crippen LogP contribution is 2.30. The molecule has 0 fully saturated rings. The molecule has 2 aromatic carbocycles. The Bertz CT molecular complexity index is 1580. The lowest BCUT2D eigenvalue weighted by atomic mass is 10.0. The van der Waals surface area contributed by atoms with Gasteiger partial charge in [-0.25, -0.2) is 4.68 Å². The largest absolute Gasteiger partial charge is 0.494 e. The number of ether oxygens (including phenoxy) is 2. The molecule has 10 heteroatoms. The Hall–Kier alpha value is -4.28. The Morgan fingerprint density at radius 2 is 1.88 bits per heavy atom. The Morgan fingerprint density at radius 3 is 2.60 bits per heavy atom. The summed E-state index contributed by atoms with van der Waals surface area (Å²) in [5, 5.41) is 13.6. The van der Waals surface area contributed by atoms with Crippen LogP contribution in [0.4, 0.5) is 0 Å². The van der Waals surface area contributed by atoms with E-state index in [1.54, 1.807) is 18.1 Å². The van der Waals surface area contributed by atoms with Crippen LogP contribution < -0.4 is 10.3 Å². The van der Waals surface area contributed by atoms with Crippen LogP contribution in [0, 0.1) is 0 Å². The molecule has 0 saturated carbocycles. The number of hydrogen-bond acceptors (Lipinski definition) is 8. The minimum atomic E-state index is -0.582. The van der Waals surface area contributed by atoms with E-state index in [0.29, 0.717) is 44.2 Å². The van der Waals surface area contributed by atoms with E-state index in [0.717, 1.165) is 34.4 Å². The van der Waals surface area contributed by atoms with Gasteiger partial charge < -0.3 is 18.9 Å². The third-order valence-electron chi connectivity index (χ3n) is 6.88. The maximum absolute atomic E-state index is 13.7. The maximum Gasteiger partial charge on any atom is 0.253 e. The summed E-state index contributed by atoms with van der Waals surface area (Å²) in [5.74, 6) is 2.12. The quantitative estimate of drug-likeness (QED) is 0.231. The van der Waals surface area contributed by atoms with Gasteiger partial charge in [0.2, 0.25) is 0 Å². The van der Waals surface area contributed by atoms with Crippen molar-refractivity contribution in [2.45, 2.75) is 45.9 Å². The normalized spacial score (nSPS) is 12.3. The summed E-state index contributed by atoms with van der Waals surface area (Å²) in [5.41, 5.74) is 3.37. The molecule has 0 amide bonds. The number of tetrazole rings is 1. The Labute approximate surface area is 232 Å². The van der Waals surface area contributed by atoms with E-state index < -0.39 is 6.04 Å². The van der Waals surface area contributed by atoms with Gasteiger partial charge in [0.15, 0.2) is 5.82 Å². The number of methoxy groups -OCH3 is 1. The number of benzene rings is 2. The number of fused-ring (bicyclic) bond motifs is 1. The summed E-state index contributed by atoms with van der Waals surface area (Å²) in [7, 11) is 1.63. The highest BCUT2D eigenvalue weighted by Gasteiger charge is 2.31. The smallest absolute Gasteiger partial charge is 0.253 e. The van der Waals surface area contributed by atoms with Gasteiger partial charge in [-0.2, -0.15) is 0 Å². The van der Waals surface area contributed by atoms with Gasteiger partial charge in [-0.05, 0) is 82.7 Å². The first-order chi connectivity index (χ1) is 19.6. The summed E-state index contributed by atoms with van der Waals surface area (Å²) in [6.45, 7) is 6.47. The molecule has 40 heavy (non-hydrogen) atoms. The van der Waals surface area contributed by atoms with Crippen molar-refractivity contribution in [3.63, 3.8) is 0 Å². The standard InChI is InChI=1S/C30H34N6O4/c1-4-21-10-13-27-23(17-21)18-26(30(37)31-27)28(29-32-33-34-36(29)14-16-38-3)35(20-25-7-6-15-40-25)19-22-8-11-24(12-9-22)39-5-2/h6-13,15,17-18,28H,4-5,14,16,19-20H2,1-3H3,(H,31,37)/t28-/m0/s1. The van der Waals surface area contributed by atoms with Crippen molar-refractivity contribution in [2.24, 2.45) is 0 Å². The molecule has 3 aromatic heterocycles. The van der Waals surface area contributed by atoms with Crippen molar-refractivity contribution < 1.29 is 13.9 Å². The van der Waals surface area contributed by atoms with Gasteiger partial charge in [-0.3, -0.25) is 9.69 Å². The SMILES string of the molecule is CCOc1ccc(CN(Cc2ccco2)[C@@H](c2cc3cc(CC)ccc3[nH]c2=O)c2nnnn2CCOC)cc1. The fourth-order valence-electron chi connectivity index (χ4n) is 4.87. The highest BCUT2D eigenvalue weighted by atomic mass is 16.5. The molecule has 0 aliphatic carbocycles. The molecule has 0 aliphatic heterocycles. The van der Waals surface area contributed by atoms with Crippen LogP contribution in [0.25, 0.3) is 10.9 Å². The zero-order valence-electron chi connectivity index (χ0n) is 23.0. The van der Waals surface area contributed by atoms with Crippen molar-refractivity contribution >= 4 is 10.9 Å². The molecular weight excluding hydrogens is 508 g/mol. The molecule has 0 aliphatic rings. The molecule has 0 radical (unpaired) electrons. The first kappa shape index (κ1) is 27.3. The van der Waals surface area contributed by atoms with Crippen LogP contribution >= 0.6 is 0 Å². The second-order valence-electron chi connectivity index (χ2n) is 9.55. The molecule has 0 saturated heterocycles. The summed E-state index contributed by atoms with van der Waals surface area (Å²) in [6.07, 6.45) is 2.54. The molecule has 208 valence electrons. The highest BCUT2D eigenvalue weighted by molar-refractivity contribution is 5.80. The van der Waals surface area contributed by atoms with Gasteiger partial charge in [0.05, 0.1) is 32.6 Å². The molecule has 5 aromatic rings. The zero-order chi connectivity index (χ0) is 27.9. The number of rotatable bonds is 13. The van der Waals surface area contributed by atoms with Crippen LogP contribution in [0.15, 0.2) is 76.1 Å². The van der Waals surface area contributed by atoms with Crippen LogP contribution in [0.3, 0.4) is 0 Å². The van der Waals surface area contributed by atoms with Crippen LogP contribution in [0.2, 0.25) is 0 Å². The van der Waals surface area contributed by atoms with E-state index in [4.69, 9.17) is 13.9 Å². The third kappa shape index (κ3) is 6.13. The first-order valence-electron chi connectivity index (χ1n) is 13.5. The summed E-state index contributed by atoms with van der Waals surface area (Å²) >= 11 is 0. The maximum atomic E-state index is 13.7. The second-order valence-corrected chi connectivity index (χ2v) is 9.55. The molecule has 0 spiro atoms. The van der Waals surface area contributed by atoms with E-state index in [1.165, 1.54) is 5.56 Å². The van der Waals surface area contributed by atoms with Crippen molar-refractivity contribution in [1.29, 1.82) is 0 Å². The van der Waals surface area contributed by atoms with Crippen LogP contribution in [0.1, 0.15) is 48.2 Å². The minimum absolute atomic E-state index is 0.195. The van der Waals surface area contributed by atoms with E-state index >= 15 is 0 Å². The summed E-state index contributed by atoms with van der Waals surface area (Å²) < 4.78 is 18.4. The summed E-state index contributed by atoms with van der Waals surface area (Å²) in [6, 6.07) is 19.2. The lowest BCUT2D eigenvalue weighted by Crippen LogP contribution is -2.35. The van der Waals surface area contributed by atoms with Gasteiger partial charge in [0.25, 0.3) is 5.56 Å². The predicted molar refractivity (Wildman–Crippen MR) is 151 cm³/mol. The molecule has 0 bridgehead atoms. The fraction of sp³-hybridized carbons (Fsp3) is 0.333. The predicted octanol–water partition coefficient (Wildman–Crippen LogP) is 4.51. The number of H-pyrrole nitrogens is 1. The van der Waals surface area contributed by atoms with Crippen molar-refractivity contribution in [2.75, 3.05) is 20.3 Å². The topological polar surface area (TPSA) is 111 Å². The lowest BCUT2D eigenvalue weighted by molar-refractivity contribution is 0.163. The van der Waals surface area contributed by atoms with Gasteiger partial charge >= 0.3 is 0 Å². The minimum Gasteiger partial charge on any atom is -0.494 e. The van der Waals surface area contributed by atoms with Gasteiger partial charge in [-0.15, -0.1) is 5.10 Å². The molecular formula is C30H34N6O4. The van der Waals surface area contributed by atoms with Gasteiger partial charge in [0, 0.05) is 24.7 Å². The van der Waals surface area contributed by atoms with Crippen LogP contribution in [-0.4, -0.2) is 50.4 Å². The molecule has 1 N–H and O–H groups in total. The molecule has 10 nitrogen and oxygen atoms in total. The number of furan rings is 1. The number of nitrogens with zero attached hydrogens (tertiary/aromatic N) is 5. The molecule has 1 atom stereocenters. The lowest BCUT2D eigenvalue weighted by Gasteiger charge is -2.30. The molecule has 5 rings (SSSR count). The van der Waals surface area contributed by atoms with Gasteiger partial charge in [0.1, 0.15) is 17.6 Å². The first-order valence-corrected chi connectivity index (χ1v) is 13.5. The molecule has 3 heterocycles. The number of aromatic amines is 1. The zero-order valence-corrected chi connectivity index (χ0v) is 23.0.